The standard InChI is InChI=1S/C51H58ClFN2O8S/c1-3-28-60-51-47(55(50(58)59-29-25-52)33-35-15-17-38(53)18-16-35)32-45(54-61-34-36-11-5-4-6-12-36)43-30-37(13-7-9-26-56)42(14-8-10-27-57)48(49(43)51)44-31-40(21-24-46(44)63-51)62-39-19-22-41(64-2)23-20-39/h3-6,11-12,15-24,30-31,37,42,47-49,56-57H,1,7-10,13-14,25-29,32-34H2,2H3. The molecule has 1 saturated carbocycles. The van der Waals surface area contributed by atoms with Crippen molar-refractivity contribution in [1.82, 2.24) is 4.90 Å². The van der Waals surface area contributed by atoms with Gasteiger partial charge in [0.05, 0.1) is 24.1 Å². The van der Waals surface area contributed by atoms with Gasteiger partial charge in [0.15, 0.2) is 0 Å². The molecule has 1 fully saturated rings. The lowest BCUT2D eigenvalue weighted by molar-refractivity contribution is -0.256. The van der Waals surface area contributed by atoms with E-state index in [0.29, 0.717) is 41.4 Å². The van der Waals surface area contributed by atoms with E-state index in [-0.39, 0.29) is 69.6 Å². The Hall–Kier alpha value is -4.85. The van der Waals surface area contributed by atoms with E-state index in [1.54, 1.807) is 34.9 Å². The smallest absolute Gasteiger partial charge is 0.410 e. The van der Waals surface area contributed by atoms with Crippen molar-refractivity contribution in [3.05, 3.63) is 144 Å². The predicted molar refractivity (Wildman–Crippen MR) is 248 cm³/mol. The maximum absolute atomic E-state index is 14.5. The Labute approximate surface area is 385 Å². The number of allylic oxidation sites excluding steroid dienone is 1. The summed E-state index contributed by atoms with van der Waals surface area (Å²) < 4.78 is 41.1. The maximum atomic E-state index is 14.5. The summed E-state index contributed by atoms with van der Waals surface area (Å²) >= 11 is 7.75. The zero-order valence-corrected chi connectivity index (χ0v) is 37.9. The SMILES string of the molecule is C=CCOC12Oc3ccc(Oc4ccc(SC)cc4)cc3C3C(CCCCO)C(CCCCO)C=C(C(=NOCc4ccccc4)CC1N(Cc1ccc(F)cc1)C(=O)OCCCl)C32. The van der Waals surface area contributed by atoms with Crippen LogP contribution in [0.3, 0.4) is 0 Å². The van der Waals surface area contributed by atoms with Crippen LogP contribution in [0, 0.1) is 23.6 Å². The van der Waals surface area contributed by atoms with Crippen LogP contribution in [0.4, 0.5) is 9.18 Å². The highest BCUT2D eigenvalue weighted by atomic mass is 35.5. The molecule has 0 bridgehead atoms. The molecule has 6 unspecified atom stereocenters. The molecule has 13 heteroatoms. The number of halogens is 2. The molecule has 4 aromatic carbocycles. The first-order valence-corrected chi connectivity index (χ1v) is 23.9. The van der Waals surface area contributed by atoms with Gasteiger partial charge in [0.25, 0.3) is 0 Å². The second-order valence-corrected chi connectivity index (χ2v) is 17.6. The van der Waals surface area contributed by atoms with E-state index < -0.39 is 29.7 Å². The lowest BCUT2D eigenvalue weighted by Gasteiger charge is -2.59. The first-order chi connectivity index (χ1) is 31.3. The minimum atomic E-state index is -1.53. The summed E-state index contributed by atoms with van der Waals surface area (Å²) in [5, 5.41) is 24.9. The van der Waals surface area contributed by atoms with Crippen LogP contribution in [0.25, 0.3) is 0 Å². The second kappa shape index (κ2) is 22.9. The minimum Gasteiger partial charge on any atom is -0.459 e. The summed E-state index contributed by atoms with van der Waals surface area (Å²) in [6, 6.07) is 28.8. The predicted octanol–water partition coefficient (Wildman–Crippen LogP) is 11.1. The molecule has 0 spiro atoms. The van der Waals surface area contributed by atoms with Crippen molar-refractivity contribution in [3.63, 3.8) is 0 Å². The molecule has 7 rings (SSSR count). The zero-order valence-electron chi connectivity index (χ0n) is 36.3. The van der Waals surface area contributed by atoms with Crippen LogP contribution in [0.5, 0.6) is 17.2 Å². The lowest BCUT2D eigenvalue weighted by Crippen LogP contribution is -2.70. The van der Waals surface area contributed by atoms with Gasteiger partial charge in [-0.05, 0) is 115 Å². The van der Waals surface area contributed by atoms with Crippen molar-refractivity contribution < 1.29 is 43.2 Å². The molecule has 64 heavy (non-hydrogen) atoms. The van der Waals surface area contributed by atoms with Crippen LogP contribution in [-0.2, 0) is 27.5 Å². The number of ether oxygens (including phenoxy) is 4. The number of benzene rings is 4. The van der Waals surface area contributed by atoms with Crippen LogP contribution < -0.4 is 9.47 Å². The second-order valence-electron chi connectivity index (χ2n) is 16.4. The summed E-state index contributed by atoms with van der Waals surface area (Å²) in [7, 11) is 0. The topological polar surface area (TPSA) is 119 Å². The van der Waals surface area contributed by atoms with Gasteiger partial charge in [-0.15, -0.1) is 29.9 Å². The summed E-state index contributed by atoms with van der Waals surface area (Å²) in [6.07, 6.45) is 9.93. The van der Waals surface area contributed by atoms with Crippen LogP contribution >= 0.6 is 23.4 Å². The Balaban J connectivity index is 1.45. The molecule has 0 saturated heterocycles. The number of oxime groups is 1. The lowest BCUT2D eigenvalue weighted by atomic mass is 9.55. The van der Waals surface area contributed by atoms with E-state index >= 15 is 0 Å². The van der Waals surface area contributed by atoms with Gasteiger partial charge in [-0.25, -0.2) is 9.18 Å². The summed E-state index contributed by atoms with van der Waals surface area (Å²) in [6.45, 7) is 4.47. The number of aliphatic hydroxyl groups is 2. The van der Waals surface area contributed by atoms with E-state index in [1.165, 1.54) is 12.1 Å². The largest absolute Gasteiger partial charge is 0.459 e. The van der Waals surface area contributed by atoms with Crippen LogP contribution in [0.1, 0.15) is 67.6 Å². The molecular weight excluding hydrogens is 855 g/mol. The summed E-state index contributed by atoms with van der Waals surface area (Å²) in [4.78, 5) is 23.5. The number of nitrogens with zero attached hydrogens (tertiary/aromatic N) is 2. The summed E-state index contributed by atoms with van der Waals surface area (Å²) in [5.74, 6) is -0.732. The molecular formula is C51H58ClFN2O8S. The zero-order chi connectivity index (χ0) is 44.9. The molecule has 0 radical (unpaired) electrons. The molecule has 1 amide bonds. The number of unbranched alkanes of at least 4 members (excludes halogenated alkanes) is 2. The Morgan fingerprint density at radius 1 is 0.969 bits per heavy atom. The third kappa shape index (κ3) is 11.0. The van der Waals surface area contributed by atoms with Gasteiger partial charge < -0.3 is 34.0 Å². The molecule has 1 heterocycles. The Morgan fingerprint density at radius 3 is 2.41 bits per heavy atom. The van der Waals surface area contributed by atoms with Crippen molar-refractivity contribution in [2.24, 2.45) is 22.9 Å². The van der Waals surface area contributed by atoms with Crippen LogP contribution in [0.2, 0.25) is 0 Å². The maximum Gasteiger partial charge on any atom is 0.410 e. The van der Waals surface area contributed by atoms with Gasteiger partial charge in [-0.3, -0.25) is 4.90 Å². The first-order valence-electron chi connectivity index (χ1n) is 22.1. The number of carbonyl (C=O) groups is 1. The fourth-order valence-corrected chi connectivity index (χ4v) is 10.0. The van der Waals surface area contributed by atoms with E-state index in [1.807, 2.05) is 73.0 Å². The Morgan fingerprint density at radius 2 is 1.70 bits per heavy atom. The van der Waals surface area contributed by atoms with Gasteiger partial charge >= 0.3 is 6.09 Å². The third-order valence-electron chi connectivity index (χ3n) is 12.4. The van der Waals surface area contributed by atoms with E-state index in [0.717, 1.165) is 47.3 Å². The van der Waals surface area contributed by atoms with Gasteiger partial charge in [0.2, 0.25) is 5.79 Å². The average molecular weight is 914 g/mol. The molecule has 3 aliphatic rings. The number of rotatable bonds is 22. The molecule has 4 aromatic rings. The summed E-state index contributed by atoms with van der Waals surface area (Å²) in [5.41, 5.74) is 4.06. The van der Waals surface area contributed by atoms with Crippen molar-refractivity contribution in [2.45, 2.75) is 80.7 Å². The molecule has 10 nitrogen and oxygen atoms in total. The van der Waals surface area contributed by atoms with Crippen molar-refractivity contribution in [3.8, 4) is 17.2 Å². The quantitative estimate of drug-likeness (QED) is 0.0261. The fraction of sp³-hybridized carbons (Fsp3) is 0.412. The number of fused-ring (bicyclic) bond motifs is 2. The highest BCUT2D eigenvalue weighted by Gasteiger charge is 2.65. The third-order valence-corrected chi connectivity index (χ3v) is 13.3. The van der Waals surface area contributed by atoms with Crippen molar-refractivity contribution in [2.75, 3.05) is 38.6 Å². The number of hydrogen-bond donors (Lipinski definition) is 2. The normalized spacial score (nSPS) is 22.7. The van der Waals surface area contributed by atoms with E-state index in [2.05, 4.69) is 18.7 Å². The Kier molecular flexibility index (Phi) is 16.8. The minimum absolute atomic E-state index is 0.00319. The van der Waals surface area contributed by atoms with Gasteiger partial charge in [-0.2, -0.15) is 0 Å². The van der Waals surface area contributed by atoms with Crippen molar-refractivity contribution >= 4 is 35.2 Å². The first kappa shape index (κ1) is 47.1. The van der Waals surface area contributed by atoms with Crippen LogP contribution in [-0.4, -0.2) is 77.3 Å². The molecule has 340 valence electrons. The van der Waals surface area contributed by atoms with Gasteiger partial charge in [0.1, 0.15) is 42.3 Å². The number of amides is 1. The molecule has 1 aliphatic heterocycles. The van der Waals surface area contributed by atoms with E-state index in [4.69, 9.17) is 40.5 Å². The molecule has 0 aromatic heterocycles. The van der Waals surface area contributed by atoms with E-state index in [9.17, 15) is 19.4 Å². The number of carbonyl (C=O) groups excluding carboxylic acids is 1. The average Bonchev–Trinajstić information content (AvgIpc) is 3.32. The number of alkyl halides is 1. The molecule has 6 atom stereocenters. The van der Waals surface area contributed by atoms with Gasteiger partial charge in [0, 0.05) is 42.6 Å². The molecule has 2 aliphatic carbocycles. The highest BCUT2D eigenvalue weighted by molar-refractivity contribution is 7.98. The fourth-order valence-electron chi connectivity index (χ4n) is 9.55. The Bertz CT molecular complexity index is 2210. The number of hydrogen-bond acceptors (Lipinski definition) is 10. The van der Waals surface area contributed by atoms with Crippen molar-refractivity contribution in [1.29, 1.82) is 0 Å². The highest BCUT2D eigenvalue weighted by Crippen LogP contribution is 2.62. The van der Waals surface area contributed by atoms with Crippen LogP contribution in [0.15, 0.2) is 131 Å². The number of thioether (sulfide) groups is 1. The number of aliphatic hydroxyl groups excluding tert-OH is 2. The van der Waals surface area contributed by atoms with Gasteiger partial charge in [-0.1, -0.05) is 72.6 Å². The monoisotopic (exact) mass is 912 g/mol. The molecule has 2 N–H and O–H groups in total.